The minimum absolute atomic E-state index is 0.139. The van der Waals surface area contributed by atoms with Crippen LogP contribution < -0.4 is 10.6 Å². The topological polar surface area (TPSA) is 27.3 Å². The van der Waals surface area contributed by atoms with Crippen molar-refractivity contribution in [1.29, 1.82) is 0 Å². The Morgan fingerprint density at radius 1 is 1.13 bits per heavy atom. The van der Waals surface area contributed by atoms with E-state index in [1.165, 1.54) is 0 Å². The van der Waals surface area contributed by atoms with Crippen LogP contribution in [-0.2, 0) is 0 Å². The lowest BCUT2D eigenvalue weighted by molar-refractivity contribution is 0.299. The molecule has 23 heavy (non-hydrogen) atoms. The van der Waals surface area contributed by atoms with Gasteiger partial charge in [-0.25, -0.2) is 0 Å². The van der Waals surface area contributed by atoms with Crippen molar-refractivity contribution in [3.8, 4) is 0 Å². The average Bonchev–Trinajstić information content (AvgIpc) is 2.51. The van der Waals surface area contributed by atoms with Crippen molar-refractivity contribution in [2.45, 2.75) is 13.0 Å². The number of hydrogen-bond donors (Lipinski definition) is 2. The van der Waals surface area contributed by atoms with Gasteiger partial charge < -0.3 is 15.5 Å². The highest BCUT2D eigenvalue weighted by atomic mass is 35.5. The number of halogens is 1. The molecule has 0 aliphatic rings. The highest BCUT2D eigenvalue weighted by Crippen LogP contribution is 2.25. The van der Waals surface area contributed by atoms with Gasteiger partial charge in [-0.2, -0.15) is 0 Å². The number of nitrogens with one attached hydrogen (secondary N) is 2. The molecule has 0 bridgehead atoms. The first-order valence-corrected chi connectivity index (χ1v) is 8.29. The second-order valence-corrected chi connectivity index (χ2v) is 6.47. The summed E-state index contributed by atoms with van der Waals surface area (Å²) in [5, 5.41) is 7.90. The van der Waals surface area contributed by atoms with Crippen LogP contribution in [0.5, 0.6) is 0 Å². The van der Waals surface area contributed by atoms with Gasteiger partial charge in [0.05, 0.1) is 6.04 Å². The van der Waals surface area contributed by atoms with E-state index in [1.54, 1.807) is 0 Å². The smallest absolute Gasteiger partial charge is 0.170 e. The average molecular weight is 348 g/mol. The van der Waals surface area contributed by atoms with E-state index in [1.807, 2.05) is 56.6 Å². The number of benzene rings is 2. The quantitative estimate of drug-likeness (QED) is 0.791. The van der Waals surface area contributed by atoms with E-state index >= 15 is 0 Å². The molecule has 5 heteroatoms. The van der Waals surface area contributed by atoms with E-state index in [0.717, 1.165) is 21.8 Å². The van der Waals surface area contributed by atoms with Gasteiger partial charge in [0.25, 0.3) is 0 Å². The molecular formula is C18H22ClN3S. The van der Waals surface area contributed by atoms with E-state index in [-0.39, 0.29) is 6.04 Å². The van der Waals surface area contributed by atoms with E-state index in [0.29, 0.717) is 11.7 Å². The Hall–Kier alpha value is -1.62. The lowest BCUT2D eigenvalue weighted by atomic mass is 10.1. The number of aryl methyl sites for hydroxylation is 1. The van der Waals surface area contributed by atoms with Crippen molar-refractivity contribution in [3.05, 3.63) is 64.7 Å². The molecule has 0 spiro atoms. The maximum absolute atomic E-state index is 6.33. The van der Waals surface area contributed by atoms with Gasteiger partial charge in [-0.15, -0.1) is 0 Å². The van der Waals surface area contributed by atoms with E-state index in [2.05, 4.69) is 28.5 Å². The number of nitrogens with zero attached hydrogens (tertiary/aromatic N) is 1. The molecule has 2 aromatic carbocycles. The molecule has 0 heterocycles. The van der Waals surface area contributed by atoms with Crippen LogP contribution in [0.1, 0.15) is 17.2 Å². The summed E-state index contributed by atoms with van der Waals surface area (Å²) in [6.45, 7) is 2.73. The van der Waals surface area contributed by atoms with Crippen molar-refractivity contribution in [2.24, 2.45) is 0 Å². The SMILES string of the molecule is Cc1ccccc1NC(=S)NC[C@H](c1ccccc1Cl)N(C)C. The van der Waals surface area contributed by atoms with Gasteiger partial charge in [0.1, 0.15) is 0 Å². The second kappa shape index (κ2) is 8.29. The number of likely N-dealkylation sites (N-methyl/N-ethyl adjacent to an activating group) is 1. The summed E-state index contributed by atoms with van der Waals surface area (Å²) in [5.41, 5.74) is 3.27. The van der Waals surface area contributed by atoms with Gasteiger partial charge >= 0.3 is 0 Å². The van der Waals surface area contributed by atoms with Gasteiger partial charge in [0.2, 0.25) is 0 Å². The Labute approximate surface area is 148 Å². The number of anilines is 1. The fourth-order valence-corrected chi connectivity index (χ4v) is 2.84. The Morgan fingerprint density at radius 3 is 2.43 bits per heavy atom. The van der Waals surface area contributed by atoms with Gasteiger partial charge in [0.15, 0.2) is 5.11 Å². The first-order valence-electron chi connectivity index (χ1n) is 7.50. The summed E-state index contributed by atoms with van der Waals surface area (Å²) in [6, 6.07) is 16.1. The molecule has 122 valence electrons. The Morgan fingerprint density at radius 2 is 1.78 bits per heavy atom. The zero-order chi connectivity index (χ0) is 16.8. The zero-order valence-corrected chi connectivity index (χ0v) is 15.2. The Balaban J connectivity index is 2.01. The first kappa shape index (κ1) is 17.7. The summed E-state index contributed by atoms with van der Waals surface area (Å²) < 4.78 is 0. The van der Waals surface area contributed by atoms with E-state index in [9.17, 15) is 0 Å². The van der Waals surface area contributed by atoms with Gasteiger partial charge in [0, 0.05) is 17.3 Å². The predicted octanol–water partition coefficient (Wildman–Crippen LogP) is 4.24. The normalized spacial score (nSPS) is 12.0. The van der Waals surface area contributed by atoms with Crippen molar-refractivity contribution in [3.63, 3.8) is 0 Å². The van der Waals surface area contributed by atoms with E-state index in [4.69, 9.17) is 23.8 Å². The molecule has 3 nitrogen and oxygen atoms in total. The second-order valence-electron chi connectivity index (χ2n) is 5.65. The fraction of sp³-hybridized carbons (Fsp3) is 0.278. The van der Waals surface area contributed by atoms with Crippen molar-refractivity contribution >= 4 is 34.6 Å². The molecule has 0 saturated heterocycles. The van der Waals surface area contributed by atoms with Crippen LogP contribution in [-0.4, -0.2) is 30.7 Å². The monoisotopic (exact) mass is 347 g/mol. The molecule has 0 saturated carbocycles. The van der Waals surface area contributed by atoms with Crippen LogP contribution in [0.15, 0.2) is 48.5 Å². The molecule has 2 aromatic rings. The van der Waals surface area contributed by atoms with Gasteiger partial charge in [-0.1, -0.05) is 48.0 Å². The summed E-state index contributed by atoms with van der Waals surface area (Å²) >= 11 is 11.7. The lowest BCUT2D eigenvalue weighted by Gasteiger charge is -2.26. The summed E-state index contributed by atoms with van der Waals surface area (Å²) in [7, 11) is 4.07. The third-order valence-electron chi connectivity index (χ3n) is 3.74. The van der Waals surface area contributed by atoms with Crippen molar-refractivity contribution in [1.82, 2.24) is 10.2 Å². The summed E-state index contributed by atoms with van der Waals surface area (Å²) in [5.74, 6) is 0. The number of thiocarbonyl (C=S) groups is 1. The van der Waals surface area contributed by atoms with Crippen LogP contribution in [0.4, 0.5) is 5.69 Å². The van der Waals surface area contributed by atoms with Crippen LogP contribution in [0.3, 0.4) is 0 Å². The summed E-state index contributed by atoms with van der Waals surface area (Å²) in [6.07, 6.45) is 0. The van der Waals surface area contributed by atoms with Crippen molar-refractivity contribution < 1.29 is 0 Å². The summed E-state index contributed by atoms with van der Waals surface area (Å²) in [4.78, 5) is 2.13. The minimum Gasteiger partial charge on any atom is -0.361 e. The molecule has 1 atom stereocenters. The molecule has 0 fully saturated rings. The molecule has 2 rings (SSSR count). The molecule has 2 N–H and O–H groups in total. The van der Waals surface area contributed by atoms with Crippen LogP contribution in [0.25, 0.3) is 0 Å². The molecule has 0 aromatic heterocycles. The lowest BCUT2D eigenvalue weighted by Crippen LogP contribution is -2.37. The van der Waals surface area contributed by atoms with Gasteiger partial charge in [-0.3, -0.25) is 0 Å². The van der Waals surface area contributed by atoms with Crippen molar-refractivity contribution in [2.75, 3.05) is 26.0 Å². The Kier molecular flexibility index (Phi) is 6.39. The zero-order valence-electron chi connectivity index (χ0n) is 13.6. The van der Waals surface area contributed by atoms with Gasteiger partial charge in [-0.05, 0) is 56.5 Å². The molecule has 0 amide bonds. The van der Waals surface area contributed by atoms with E-state index < -0.39 is 0 Å². The highest BCUT2D eigenvalue weighted by Gasteiger charge is 2.17. The first-order chi connectivity index (χ1) is 11.0. The predicted molar refractivity (Wildman–Crippen MR) is 103 cm³/mol. The number of para-hydroxylation sites is 1. The van der Waals surface area contributed by atoms with Crippen LogP contribution in [0, 0.1) is 6.92 Å². The maximum atomic E-state index is 6.33. The maximum Gasteiger partial charge on any atom is 0.170 e. The Bertz CT molecular complexity index is 673. The molecule has 0 radical (unpaired) electrons. The third-order valence-corrected chi connectivity index (χ3v) is 4.33. The number of rotatable bonds is 5. The molecule has 0 aliphatic heterocycles. The molecular weight excluding hydrogens is 326 g/mol. The number of hydrogen-bond acceptors (Lipinski definition) is 2. The fourth-order valence-electron chi connectivity index (χ4n) is 2.39. The highest BCUT2D eigenvalue weighted by molar-refractivity contribution is 7.80. The van der Waals surface area contributed by atoms with Crippen LogP contribution >= 0.6 is 23.8 Å². The largest absolute Gasteiger partial charge is 0.361 e. The van der Waals surface area contributed by atoms with Crippen LogP contribution in [0.2, 0.25) is 5.02 Å². The standard InChI is InChI=1S/C18H22ClN3S/c1-13-8-4-7-11-16(13)21-18(23)20-12-17(22(2)3)14-9-5-6-10-15(14)19/h4-11,17H,12H2,1-3H3,(H2,20,21,23)/t17-/m1/s1. The molecule has 0 unspecified atom stereocenters. The third kappa shape index (κ3) is 4.93. The minimum atomic E-state index is 0.139. The molecule has 0 aliphatic carbocycles.